The molecule has 3 aromatic heterocycles. The van der Waals surface area contributed by atoms with Crippen LogP contribution in [0.15, 0.2) is 85.2 Å². The molecule has 1 aliphatic rings. The number of piperazine rings is 1. The lowest BCUT2D eigenvalue weighted by Crippen LogP contribution is -2.49. The average Bonchev–Trinajstić information content (AvgIpc) is 3.32. The van der Waals surface area contributed by atoms with E-state index in [0.717, 1.165) is 41.3 Å². The van der Waals surface area contributed by atoms with Crippen LogP contribution in [-0.4, -0.2) is 51.4 Å². The summed E-state index contributed by atoms with van der Waals surface area (Å²) in [5, 5.41) is 1.19. The lowest BCUT2D eigenvalue weighted by Gasteiger charge is -2.35. The molecule has 1 amide bonds. The number of anilines is 1. The zero-order valence-corrected chi connectivity index (χ0v) is 19.1. The highest BCUT2D eigenvalue weighted by Crippen LogP contribution is 2.24. The van der Waals surface area contributed by atoms with Gasteiger partial charge in [0.2, 0.25) is 0 Å². The first-order valence-corrected chi connectivity index (χ1v) is 11.6. The molecular formula is C28H25N5O. The van der Waals surface area contributed by atoms with E-state index >= 15 is 0 Å². The number of amides is 1. The molecule has 6 rings (SSSR count). The van der Waals surface area contributed by atoms with Crippen LogP contribution in [0.3, 0.4) is 0 Å². The van der Waals surface area contributed by atoms with Crippen molar-refractivity contribution >= 4 is 28.3 Å². The van der Waals surface area contributed by atoms with Gasteiger partial charge in [0.15, 0.2) is 0 Å². The van der Waals surface area contributed by atoms with Crippen molar-refractivity contribution in [1.82, 2.24) is 19.3 Å². The Morgan fingerprint density at radius 1 is 0.853 bits per heavy atom. The van der Waals surface area contributed by atoms with Gasteiger partial charge in [0.05, 0.1) is 11.2 Å². The van der Waals surface area contributed by atoms with Crippen molar-refractivity contribution in [3.05, 3.63) is 96.3 Å². The quantitative estimate of drug-likeness (QED) is 0.398. The highest BCUT2D eigenvalue weighted by molar-refractivity contribution is 5.95. The summed E-state index contributed by atoms with van der Waals surface area (Å²) in [6.45, 7) is 4.99. The number of fused-ring (bicyclic) bond motifs is 2. The standard InChI is InChI=1S/C28H25N5O/c1-20-17-26(29-24-10-6-5-9-23(20)24)31-13-15-32(16-14-31)28(34)22-11-12-33-19-25(30-27(33)18-22)21-7-3-2-4-8-21/h2-12,17-19H,13-16H2,1H3. The van der Waals surface area contributed by atoms with Crippen molar-refractivity contribution in [3.63, 3.8) is 0 Å². The van der Waals surface area contributed by atoms with Gasteiger partial charge in [-0.3, -0.25) is 4.79 Å². The number of nitrogens with zero attached hydrogens (tertiary/aromatic N) is 5. The topological polar surface area (TPSA) is 53.7 Å². The molecule has 0 spiro atoms. The second-order valence-corrected chi connectivity index (χ2v) is 8.77. The molecule has 6 heteroatoms. The Balaban J connectivity index is 1.18. The van der Waals surface area contributed by atoms with E-state index in [1.807, 2.05) is 76.3 Å². The lowest BCUT2D eigenvalue weighted by atomic mass is 10.1. The SMILES string of the molecule is Cc1cc(N2CCN(C(=O)c3ccn4cc(-c5ccccc5)nc4c3)CC2)nc2ccccc12. The summed E-state index contributed by atoms with van der Waals surface area (Å²) in [4.78, 5) is 27.0. The highest BCUT2D eigenvalue weighted by Gasteiger charge is 2.24. The average molecular weight is 448 g/mol. The molecule has 0 unspecified atom stereocenters. The van der Waals surface area contributed by atoms with Gasteiger partial charge in [-0.2, -0.15) is 0 Å². The van der Waals surface area contributed by atoms with E-state index in [2.05, 4.69) is 30.0 Å². The number of rotatable bonds is 3. The number of hydrogen-bond donors (Lipinski definition) is 0. The summed E-state index contributed by atoms with van der Waals surface area (Å²) < 4.78 is 1.96. The number of para-hydroxylation sites is 1. The van der Waals surface area contributed by atoms with Crippen molar-refractivity contribution in [2.45, 2.75) is 6.92 Å². The van der Waals surface area contributed by atoms with E-state index in [0.29, 0.717) is 18.7 Å². The molecule has 34 heavy (non-hydrogen) atoms. The van der Waals surface area contributed by atoms with Gasteiger partial charge in [-0.1, -0.05) is 48.5 Å². The van der Waals surface area contributed by atoms with Crippen LogP contribution < -0.4 is 4.90 Å². The van der Waals surface area contributed by atoms with Gasteiger partial charge in [-0.15, -0.1) is 0 Å². The molecule has 1 aliphatic heterocycles. The molecule has 1 fully saturated rings. The summed E-state index contributed by atoms with van der Waals surface area (Å²) in [6, 6.07) is 24.2. The van der Waals surface area contributed by atoms with Crippen LogP contribution in [0, 0.1) is 6.92 Å². The number of imidazole rings is 1. The van der Waals surface area contributed by atoms with Gasteiger partial charge in [0, 0.05) is 55.1 Å². The fourth-order valence-electron chi connectivity index (χ4n) is 4.68. The Morgan fingerprint density at radius 2 is 1.62 bits per heavy atom. The zero-order chi connectivity index (χ0) is 23.1. The first kappa shape index (κ1) is 20.4. The Bertz CT molecular complexity index is 1500. The third-order valence-electron chi connectivity index (χ3n) is 6.58. The Hall–Kier alpha value is -4.19. The minimum absolute atomic E-state index is 0.0501. The minimum atomic E-state index is 0.0501. The fraction of sp³-hybridized carbons (Fsp3) is 0.179. The summed E-state index contributed by atoms with van der Waals surface area (Å²) in [5.74, 6) is 1.03. The van der Waals surface area contributed by atoms with E-state index in [-0.39, 0.29) is 5.91 Å². The second kappa shape index (κ2) is 8.30. The largest absolute Gasteiger partial charge is 0.353 e. The van der Waals surface area contributed by atoms with Crippen LogP contribution in [0.1, 0.15) is 15.9 Å². The maximum atomic E-state index is 13.2. The molecule has 6 nitrogen and oxygen atoms in total. The minimum Gasteiger partial charge on any atom is -0.353 e. The molecule has 1 saturated heterocycles. The van der Waals surface area contributed by atoms with Crippen LogP contribution in [0.25, 0.3) is 27.8 Å². The molecule has 5 aromatic rings. The first-order chi connectivity index (χ1) is 16.7. The predicted octanol–water partition coefficient (Wildman–Crippen LogP) is 4.82. The smallest absolute Gasteiger partial charge is 0.254 e. The van der Waals surface area contributed by atoms with Crippen LogP contribution in [-0.2, 0) is 0 Å². The van der Waals surface area contributed by atoms with Gasteiger partial charge in [-0.25, -0.2) is 9.97 Å². The summed E-state index contributed by atoms with van der Waals surface area (Å²) in [5.41, 5.74) is 5.65. The molecule has 0 saturated carbocycles. The van der Waals surface area contributed by atoms with Crippen LogP contribution in [0.5, 0.6) is 0 Å². The fourth-order valence-corrected chi connectivity index (χ4v) is 4.68. The molecule has 4 heterocycles. The molecule has 0 radical (unpaired) electrons. The van der Waals surface area contributed by atoms with E-state index in [9.17, 15) is 4.79 Å². The van der Waals surface area contributed by atoms with Gasteiger partial charge in [0.1, 0.15) is 11.5 Å². The molecule has 0 aliphatic carbocycles. The van der Waals surface area contributed by atoms with Crippen LogP contribution >= 0.6 is 0 Å². The summed E-state index contributed by atoms with van der Waals surface area (Å²) >= 11 is 0. The van der Waals surface area contributed by atoms with E-state index in [1.165, 1.54) is 10.9 Å². The normalized spacial score (nSPS) is 14.1. The third-order valence-corrected chi connectivity index (χ3v) is 6.58. The summed E-state index contributed by atoms with van der Waals surface area (Å²) in [7, 11) is 0. The van der Waals surface area contributed by atoms with Crippen molar-refractivity contribution in [2.75, 3.05) is 31.1 Å². The van der Waals surface area contributed by atoms with Crippen LogP contribution in [0.4, 0.5) is 5.82 Å². The monoisotopic (exact) mass is 447 g/mol. The lowest BCUT2D eigenvalue weighted by molar-refractivity contribution is 0.0746. The predicted molar refractivity (Wildman–Crippen MR) is 135 cm³/mol. The molecule has 0 bridgehead atoms. The summed E-state index contributed by atoms with van der Waals surface area (Å²) in [6.07, 6.45) is 3.91. The Labute approximate surface area is 198 Å². The van der Waals surface area contributed by atoms with Gasteiger partial charge in [0.25, 0.3) is 5.91 Å². The molecule has 168 valence electrons. The molecule has 2 aromatic carbocycles. The molecule has 0 N–H and O–H groups in total. The third kappa shape index (κ3) is 3.67. The number of pyridine rings is 2. The maximum Gasteiger partial charge on any atom is 0.254 e. The van der Waals surface area contributed by atoms with Gasteiger partial charge in [-0.05, 0) is 36.8 Å². The Kier molecular flexibility index (Phi) is 4.99. The number of benzene rings is 2. The number of aryl methyl sites for hydroxylation is 1. The van der Waals surface area contributed by atoms with E-state index in [4.69, 9.17) is 9.97 Å². The maximum absolute atomic E-state index is 13.2. The van der Waals surface area contributed by atoms with Crippen LogP contribution in [0.2, 0.25) is 0 Å². The molecular weight excluding hydrogens is 422 g/mol. The van der Waals surface area contributed by atoms with Crippen molar-refractivity contribution in [3.8, 4) is 11.3 Å². The van der Waals surface area contributed by atoms with Crippen molar-refractivity contribution in [2.24, 2.45) is 0 Å². The second-order valence-electron chi connectivity index (χ2n) is 8.77. The van der Waals surface area contributed by atoms with Gasteiger partial charge >= 0.3 is 0 Å². The Morgan fingerprint density at radius 3 is 2.44 bits per heavy atom. The zero-order valence-electron chi connectivity index (χ0n) is 19.1. The van der Waals surface area contributed by atoms with E-state index < -0.39 is 0 Å². The van der Waals surface area contributed by atoms with Crippen molar-refractivity contribution in [1.29, 1.82) is 0 Å². The number of hydrogen-bond acceptors (Lipinski definition) is 4. The molecule has 0 atom stereocenters. The van der Waals surface area contributed by atoms with Gasteiger partial charge < -0.3 is 14.2 Å². The van der Waals surface area contributed by atoms with Crippen molar-refractivity contribution < 1.29 is 4.79 Å². The number of carbonyl (C=O) groups excluding carboxylic acids is 1. The number of aromatic nitrogens is 3. The van der Waals surface area contributed by atoms with E-state index in [1.54, 1.807) is 0 Å². The highest BCUT2D eigenvalue weighted by atomic mass is 16.2. The first-order valence-electron chi connectivity index (χ1n) is 11.6. The number of carbonyl (C=O) groups is 1.